The Morgan fingerprint density at radius 2 is 1.47 bits per heavy atom. The molecule has 1 aliphatic carbocycles. The Hall–Kier alpha value is -1.43. The van der Waals surface area contributed by atoms with Gasteiger partial charge in [-0.25, -0.2) is 0 Å². The highest BCUT2D eigenvalue weighted by Crippen LogP contribution is 2.30. The van der Waals surface area contributed by atoms with Crippen molar-refractivity contribution in [2.75, 3.05) is 39.3 Å². The van der Waals surface area contributed by atoms with E-state index < -0.39 is 0 Å². The molecule has 0 radical (unpaired) electrons. The molecule has 1 aromatic carbocycles. The number of rotatable bonds is 3. The number of nitrogens with zero attached hydrogens (tertiary/aromatic N) is 3. The van der Waals surface area contributed by atoms with Crippen molar-refractivity contribution in [2.45, 2.75) is 69.6 Å². The maximum Gasteiger partial charge on any atom is 0.226 e. The number of likely N-dealkylation sites (tertiary alicyclic amines) is 3. The van der Waals surface area contributed by atoms with Crippen molar-refractivity contribution in [2.24, 2.45) is 5.92 Å². The standard InChI is InChI=1S/C25H37N3O2/c29-24-9-14-27(15-10-24)25(30)21-6-3-11-28(18-21)22-7-12-26(13-8-22)23-16-19-4-1-2-5-20(19)17-23/h1-2,4-5,21-24,29H,3,6-18H2. The van der Waals surface area contributed by atoms with Crippen molar-refractivity contribution >= 4 is 5.91 Å². The molecule has 3 aliphatic heterocycles. The predicted octanol–water partition coefficient (Wildman–Crippen LogP) is 2.31. The van der Waals surface area contributed by atoms with E-state index in [1.807, 2.05) is 4.90 Å². The topological polar surface area (TPSA) is 47.0 Å². The molecule has 164 valence electrons. The summed E-state index contributed by atoms with van der Waals surface area (Å²) in [6.45, 7) is 5.96. The zero-order valence-corrected chi connectivity index (χ0v) is 18.2. The molecule has 3 fully saturated rings. The average Bonchev–Trinajstić information content (AvgIpc) is 3.24. The molecule has 4 aliphatic rings. The quantitative estimate of drug-likeness (QED) is 0.829. The molecule has 5 heteroatoms. The lowest BCUT2D eigenvalue weighted by Gasteiger charge is -2.44. The summed E-state index contributed by atoms with van der Waals surface area (Å²) in [5.74, 6) is 0.504. The number of fused-ring (bicyclic) bond motifs is 1. The second-order valence-electron chi connectivity index (χ2n) is 9.99. The van der Waals surface area contributed by atoms with Gasteiger partial charge in [0.15, 0.2) is 0 Å². The summed E-state index contributed by atoms with van der Waals surface area (Å²) < 4.78 is 0. The Bertz CT molecular complexity index is 713. The fraction of sp³-hybridized carbons (Fsp3) is 0.720. The molecule has 30 heavy (non-hydrogen) atoms. The molecule has 1 atom stereocenters. The summed E-state index contributed by atoms with van der Waals surface area (Å²) in [6, 6.07) is 10.3. The van der Waals surface area contributed by atoms with Crippen LogP contribution in [-0.2, 0) is 17.6 Å². The minimum absolute atomic E-state index is 0.163. The number of hydrogen-bond acceptors (Lipinski definition) is 4. The van der Waals surface area contributed by atoms with E-state index in [9.17, 15) is 9.90 Å². The van der Waals surface area contributed by atoms with Gasteiger partial charge in [0.05, 0.1) is 12.0 Å². The van der Waals surface area contributed by atoms with Crippen molar-refractivity contribution in [3.63, 3.8) is 0 Å². The van der Waals surface area contributed by atoms with E-state index in [4.69, 9.17) is 0 Å². The Labute approximate surface area is 181 Å². The number of aliphatic hydroxyl groups excluding tert-OH is 1. The van der Waals surface area contributed by atoms with Gasteiger partial charge in [-0.15, -0.1) is 0 Å². The number of carbonyl (C=O) groups excluding carboxylic acids is 1. The van der Waals surface area contributed by atoms with Gasteiger partial charge in [0.1, 0.15) is 0 Å². The largest absolute Gasteiger partial charge is 0.393 e. The van der Waals surface area contributed by atoms with Crippen molar-refractivity contribution < 1.29 is 9.90 Å². The van der Waals surface area contributed by atoms with Crippen molar-refractivity contribution in [1.29, 1.82) is 0 Å². The summed E-state index contributed by atoms with van der Waals surface area (Å²) in [7, 11) is 0. The number of benzene rings is 1. The summed E-state index contributed by atoms with van der Waals surface area (Å²) in [5, 5.41) is 9.73. The van der Waals surface area contributed by atoms with Crippen LogP contribution in [0.25, 0.3) is 0 Å². The van der Waals surface area contributed by atoms with E-state index in [2.05, 4.69) is 34.1 Å². The maximum absolute atomic E-state index is 13.0. The van der Waals surface area contributed by atoms with E-state index in [1.54, 1.807) is 11.1 Å². The van der Waals surface area contributed by atoms with Crippen LogP contribution in [0.15, 0.2) is 24.3 Å². The van der Waals surface area contributed by atoms with Crippen LogP contribution < -0.4 is 0 Å². The molecule has 1 aromatic rings. The first-order chi connectivity index (χ1) is 14.7. The highest BCUT2D eigenvalue weighted by atomic mass is 16.3. The molecule has 1 amide bonds. The van der Waals surface area contributed by atoms with E-state index in [-0.39, 0.29) is 12.0 Å². The third-order valence-corrected chi connectivity index (χ3v) is 8.14. The van der Waals surface area contributed by atoms with Crippen molar-refractivity contribution in [3.05, 3.63) is 35.4 Å². The van der Waals surface area contributed by atoms with Crippen LogP contribution >= 0.6 is 0 Å². The fourth-order valence-electron chi connectivity index (χ4n) is 6.29. The predicted molar refractivity (Wildman–Crippen MR) is 118 cm³/mol. The van der Waals surface area contributed by atoms with Gasteiger partial charge in [-0.3, -0.25) is 14.6 Å². The van der Waals surface area contributed by atoms with Crippen LogP contribution in [-0.4, -0.2) is 83.2 Å². The van der Waals surface area contributed by atoms with E-state index in [1.165, 1.54) is 38.8 Å². The normalized spacial score (nSPS) is 28.0. The molecule has 0 saturated carbocycles. The average molecular weight is 412 g/mol. The first-order valence-electron chi connectivity index (χ1n) is 12.2. The number of amides is 1. The monoisotopic (exact) mass is 411 g/mol. The molecule has 5 rings (SSSR count). The van der Waals surface area contributed by atoms with Gasteiger partial charge in [-0.05, 0) is 82.1 Å². The molecule has 1 unspecified atom stereocenters. The Morgan fingerprint density at radius 3 is 2.13 bits per heavy atom. The Balaban J connectivity index is 1.12. The zero-order chi connectivity index (χ0) is 20.5. The number of aliphatic hydroxyl groups is 1. The number of carbonyl (C=O) groups is 1. The molecule has 3 heterocycles. The van der Waals surface area contributed by atoms with Gasteiger partial charge in [-0.2, -0.15) is 0 Å². The number of piperidine rings is 3. The highest BCUT2D eigenvalue weighted by Gasteiger charge is 2.36. The van der Waals surface area contributed by atoms with E-state index in [0.29, 0.717) is 18.0 Å². The molecule has 0 spiro atoms. The molecule has 3 saturated heterocycles. The second kappa shape index (κ2) is 8.97. The van der Waals surface area contributed by atoms with Gasteiger partial charge < -0.3 is 10.0 Å². The minimum Gasteiger partial charge on any atom is -0.393 e. The highest BCUT2D eigenvalue weighted by molar-refractivity contribution is 5.79. The van der Waals surface area contributed by atoms with Crippen LogP contribution in [0.2, 0.25) is 0 Å². The SMILES string of the molecule is O=C(C1CCCN(C2CCN(C3Cc4ccccc4C3)CC2)C1)N1CCC(O)CC1. The minimum atomic E-state index is -0.213. The van der Waals surface area contributed by atoms with Gasteiger partial charge in [0.25, 0.3) is 0 Å². The molecule has 1 N–H and O–H groups in total. The summed E-state index contributed by atoms with van der Waals surface area (Å²) in [4.78, 5) is 20.4. The molecule has 0 aromatic heterocycles. The second-order valence-corrected chi connectivity index (χ2v) is 9.99. The Kier molecular flexibility index (Phi) is 6.12. The van der Waals surface area contributed by atoms with Gasteiger partial charge in [-0.1, -0.05) is 24.3 Å². The van der Waals surface area contributed by atoms with Crippen molar-refractivity contribution in [1.82, 2.24) is 14.7 Å². The van der Waals surface area contributed by atoms with Gasteiger partial charge in [0.2, 0.25) is 5.91 Å². The number of hydrogen-bond donors (Lipinski definition) is 1. The van der Waals surface area contributed by atoms with Gasteiger partial charge in [0, 0.05) is 31.7 Å². The first kappa shape index (κ1) is 20.5. The van der Waals surface area contributed by atoms with Crippen LogP contribution in [0.4, 0.5) is 0 Å². The third kappa shape index (κ3) is 4.30. The van der Waals surface area contributed by atoms with Crippen LogP contribution in [0.5, 0.6) is 0 Å². The molecular weight excluding hydrogens is 374 g/mol. The molecular formula is C25H37N3O2. The molecule has 5 nitrogen and oxygen atoms in total. The summed E-state index contributed by atoms with van der Waals surface area (Å²) in [5.41, 5.74) is 3.10. The fourth-order valence-corrected chi connectivity index (χ4v) is 6.29. The lowest BCUT2D eigenvalue weighted by Crippen LogP contribution is -2.53. The van der Waals surface area contributed by atoms with Gasteiger partial charge >= 0.3 is 0 Å². The third-order valence-electron chi connectivity index (χ3n) is 8.14. The first-order valence-corrected chi connectivity index (χ1v) is 12.2. The lowest BCUT2D eigenvalue weighted by molar-refractivity contribution is -0.139. The van der Waals surface area contributed by atoms with Crippen LogP contribution in [0.1, 0.15) is 49.7 Å². The van der Waals surface area contributed by atoms with Crippen LogP contribution in [0, 0.1) is 5.92 Å². The zero-order valence-electron chi connectivity index (χ0n) is 18.2. The Morgan fingerprint density at radius 1 is 0.800 bits per heavy atom. The summed E-state index contributed by atoms with van der Waals surface area (Å²) >= 11 is 0. The smallest absolute Gasteiger partial charge is 0.226 e. The van der Waals surface area contributed by atoms with E-state index >= 15 is 0 Å². The van der Waals surface area contributed by atoms with Crippen LogP contribution in [0.3, 0.4) is 0 Å². The van der Waals surface area contributed by atoms with Crippen molar-refractivity contribution in [3.8, 4) is 0 Å². The molecule has 0 bridgehead atoms. The maximum atomic E-state index is 13.0. The summed E-state index contributed by atoms with van der Waals surface area (Å²) in [6.07, 6.45) is 8.36. The van der Waals surface area contributed by atoms with E-state index in [0.717, 1.165) is 51.9 Å². The lowest BCUT2D eigenvalue weighted by atomic mass is 9.92.